The Morgan fingerprint density at radius 2 is 1.83 bits per heavy atom. The first kappa shape index (κ1) is 13.2. The summed E-state index contributed by atoms with van der Waals surface area (Å²) in [6, 6.07) is 6.41. The first-order chi connectivity index (χ1) is 5.02. The maximum Gasteiger partial charge on any atom is 1.00 e. The topological polar surface area (TPSA) is 60.2 Å². The number of rotatable bonds is 1. The number of sulfonamides is 1. The van der Waals surface area contributed by atoms with E-state index in [4.69, 9.17) is 5.14 Å². The van der Waals surface area contributed by atoms with E-state index in [0.717, 1.165) is 0 Å². The number of hydrogen-bond acceptors (Lipinski definition) is 2. The van der Waals surface area contributed by atoms with Crippen molar-refractivity contribution in [3.63, 3.8) is 0 Å². The van der Waals surface area contributed by atoms with Crippen molar-refractivity contribution in [3.8, 4) is 0 Å². The number of primary sulfonamides is 1. The van der Waals surface area contributed by atoms with Crippen LogP contribution in [0.1, 0.15) is 1.43 Å². The Hall–Kier alpha value is 1.25. The number of nitrogens with two attached hydrogens (primary N) is 1. The standard InChI is InChI=1S/C6H6BrNO2S.K.H/c7-5-3-1-2-4-6(5)11(8,9)10;;/h1-4H,(H2,8,9,10);;/q;+1;-1. The zero-order valence-corrected chi connectivity index (χ0v) is 12.0. The monoisotopic (exact) mass is 275 g/mol. The van der Waals surface area contributed by atoms with Crippen molar-refractivity contribution in [3.05, 3.63) is 28.7 Å². The van der Waals surface area contributed by atoms with Crippen LogP contribution in [-0.4, -0.2) is 8.42 Å². The molecule has 12 heavy (non-hydrogen) atoms. The molecule has 0 bridgehead atoms. The number of hydrogen-bond donors (Lipinski definition) is 1. The normalized spacial score (nSPS) is 10.5. The minimum absolute atomic E-state index is 0. The first-order valence-corrected chi connectivity index (χ1v) is 5.13. The van der Waals surface area contributed by atoms with Gasteiger partial charge in [-0.05, 0) is 28.1 Å². The third-order valence-electron chi connectivity index (χ3n) is 1.14. The van der Waals surface area contributed by atoms with Crippen LogP contribution in [-0.2, 0) is 10.0 Å². The van der Waals surface area contributed by atoms with E-state index in [1.807, 2.05) is 0 Å². The summed E-state index contributed by atoms with van der Waals surface area (Å²) < 4.78 is 22.1. The molecule has 62 valence electrons. The van der Waals surface area contributed by atoms with Crippen molar-refractivity contribution in [2.75, 3.05) is 0 Å². The van der Waals surface area contributed by atoms with E-state index >= 15 is 0 Å². The molecule has 1 aromatic carbocycles. The Morgan fingerprint density at radius 1 is 1.33 bits per heavy atom. The SMILES string of the molecule is NS(=O)(=O)c1ccccc1Br.[H-].[K+]. The van der Waals surface area contributed by atoms with Gasteiger partial charge in [-0.3, -0.25) is 0 Å². The van der Waals surface area contributed by atoms with Gasteiger partial charge in [0.25, 0.3) is 0 Å². The molecule has 1 rings (SSSR count). The molecule has 0 fully saturated rings. The first-order valence-electron chi connectivity index (χ1n) is 2.79. The van der Waals surface area contributed by atoms with Crippen LogP contribution in [0.3, 0.4) is 0 Å². The summed E-state index contributed by atoms with van der Waals surface area (Å²) in [6.45, 7) is 0. The fourth-order valence-electron chi connectivity index (χ4n) is 0.675. The van der Waals surface area contributed by atoms with Crippen molar-refractivity contribution < 1.29 is 61.2 Å². The van der Waals surface area contributed by atoms with Crippen LogP contribution in [0.25, 0.3) is 0 Å². The van der Waals surface area contributed by atoms with Crippen molar-refractivity contribution in [1.82, 2.24) is 0 Å². The second kappa shape index (κ2) is 5.21. The second-order valence-electron chi connectivity index (χ2n) is 1.98. The smallest absolute Gasteiger partial charge is 1.00 e. The van der Waals surface area contributed by atoms with E-state index < -0.39 is 10.0 Å². The van der Waals surface area contributed by atoms with Crippen LogP contribution in [0.15, 0.2) is 33.6 Å². The van der Waals surface area contributed by atoms with Gasteiger partial charge in [-0.1, -0.05) is 12.1 Å². The zero-order valence-electron chi connectivity index (χ0n) is 7.49. The molecule has 0 saturated heterocycles. The Bertz CT molecular complexity index is 371. The molecule has 2 N–H and O–H groups in total. The average Bonchev–Trinajstić information content (AvgIpc) is 1.86. The van der Waals surface area contributed by atoms with E-state index in [1.54, 1.807) is 18.2 Å². The van der Waals surface area contributed by atoms with Gasteiger partial charge in [-0.15, -0.1) is 0 Å². The Morgan fingerprint density at radius 3 is 2.17 bits per heavy atom. The molecule has 0 aromatic heterocycles. The Balaban J connectivity index is 0. The Kier molecular flexibility index (Phi) is 5.75. The van der Waals surface area contributed by atoms with E-state index in [1.165, 1.54) is 6.07 Å². The molecule has 0 atom stereocenters. The van der Waals surface area contributed by atoms with E-state index in [2.05, 4.69) is 15.9 Å². The van der Waals surface area contributed by atoms with Crippen molar-refractivity contribution >= 4 is 26.0 Å². The summed E-state index contributed by atoms with van der Waals surface area (Å²) in [6.07, 6.45) is 0. The van der Waals surface area contributed by atoms with Gasteiger partial charge in [0.05, 0.1) is 4.90 Å². The van der Waals surface area contributed by atoms with Crippen LogP contribution in [0.4, 0.5) is 0 Å². The van der Waals surface area contributed by atoms with Crippen LogP contribution < -0.4 is 56.5 Å². The Labute approximate surface area is 124 Å². The van der Waals surface area contributed by atoms with Gasteiger partial charge in [0.2, 0.25) is 10.0 Å². The van der Waals surface area contributed by atoms with Crippen molar-refractivity contribution in [2.24, 2.45) is 5.14 Å². The third-order valence-corrected chi connectivity index (χ3v) is 3.07. The van der Waals surface area contributed by atoms with Gasteiger partial charge in [-0.25, -0.2) is 13.6 Å². The van der Waals surface area contributed by atoms with Gasteiger partial charge in [0.15, 0.2) is 0 Å². The van der Waals surface area contributed by atoms with Gasteiger partial charge in [0.1, 0.15) is 0 Å². The minimum Gasteiger partial charge on any atom is -1.00 e. The largest absolute Gasteiger partial charge is 1.00 e. The van der Waals surface area contributed by atoms with E-state index in [0.29, 0.717) is 4.47 Å². The van der Waals surface area contributed by atoms with E-state index in [9.17, 15) is 8.42 Å². The summed E-state index contributed by atoms with van der Waals surface area (Å²) in [5.41, 5.74) is 0. The summed E-state index contributed by atoms with van der Waals surface area (Å²) in [5, 5.41) is 4.90. The van der Waals surface area contributed by atoms with E-state index in [-0.39, 0.29) is 57.7 Å². The second-order valence-corrected chi connectivity index (χ2v) is 4.36. The molecule has 0 heterocycles. The van der Waals surface area contributed by atoms with Crippen LogP contribution in [0, 0.1) is 0 Å². The molecule has 1 aromatic rings. The van der Waals surface area contributed by atoms with Gasteiger partial charge >= 0.3 is 51.4 Å². The van der Waals surface area contributed by atoms with Gasteiger partial charge in [0, 0.05) is 4.47 Å². The summed E-state index contributed by atoms with van der Waals surface area (Å²) >= 11 is 3.07. The maximum absolute atomic E-state index is 10.8. The zero-order chi connectivity index (χ0) is 8.48. The summed E-state index contributed by atoms with van der Waals surface area (Å²) in [5.74, 6) is 0. The molecule has 0 spiro atoms. The van der Waals surface area contributed by atoms with Crippen LogP contribution in [0.2, 0.25) is 0 Å². The molecule has 0 aliphatic rings. The molecular formula is C6H7BrKNO2S. The molecule has 0 saturated carbocycles. The fourth-order valence-corrected chi connectivity index (χ4v) is 2.25. The molecule has 3 nitrogen and oxygen atoms in total. The predicted octanol–water partition coefficient (Wildman–Crippen LogP) is -1.79. The van der Waals surface area contributed by atoms with Gasteiger partial charge in [-0.2, -0.15) is 0 Å². The predicted molar refractivity (Wildman–Crippen MR) is 46.6 cm³/mol. The minimum atomic E-state index is -3.58. The molecule has 0 amide bonds. The quantitative estimate of drug-likeness (QED) is 0.616. The summed E-state index contributed by atoms with van der Waals surface area (Å²) in [7, 11) is -3.58. The molecule has 0 aliphatic heterocycles. The molecule has 0 unspecified atom stereocenters. The number of benzene rings is 1. The maximum atomic E-state index is 10.8. The molecule has 6 heteroatoms. The van der Waals surface area contributed by atoms with Crippen LogP contribution >= 0.6 is 15.9 Å². The third kappa shape index (κ3) is 3.55. The average molecular weight is 276 g/mol. The van der Waals surface area contributed by atoms with Crippen molar-refractivity contribution in [2.45, 2.75) is 4.90 Å². The molecule has 0 aliphatic carbocycles. The molecule has 0 radical (unpaired) electrons. The van der Waals surface area contributed by atoms with Crippen molar-refractivity contribution in [1.29, 1.82) is 0 Å². The summed E-state index contributed by atoms with van der Waals surface area (Å²) in [4.78, 5) is 0.111. The number of halogens is 1. The van der Waals surface area contributed by atoms with Gasteiger partial charge < -0.3 is 1.43 Å². The van der Waals surface area contributed by atoms with Crippen LogP contribution in [0.5, 0.6) is 0 Å². The molecular weight excluding hydrogens is 269 g/mol. The fraction of sp³-hybridized carbons (Fsp3) is 0.